The number of hydrogen-bond donors (Lipinski definition) is 2. The van der Waals surface area contributed by atoms with Crippen molar-refractivity contribution in [3.8, 4) is 6.07 Å². The van der Waals surface area contributed by atoms with E-state index in [1.165, 1.54) is 23.1 Å². The van der Waals surface area contributed by atoms with Crippen LogP contribution in [0.5, 0.6) is 0 Å². The summed E-state index contributed by atoms with van der Waals surface area (Å²) in [5, 5.41) is 15.3. The van der Waals surface area contributed by atoms with E-state index >= 15 is 0 Å². The van der Waals surface area contributed by atoms with E-state index in [2.05, 4.69) is 21.7 Å². The molecule has 1 unspecified atom stereocenters. The van der Waals surface area contributed by atoms with Crippen molar-refractivity contribution in [3.63, 3.8) is 0 Å². The summed E-state index contributed by atoms with van der Waals surface area (Å²) in [6.45, 7) is 5.80. The van der Waals surface area contributed by atoms with Gasteiger partial charge in [0.15, 0.2) is 5.13 Å². The predicted molar refractivity (Wildman–Crippen MR) is 114 cm³/mol. The fraction of sp³-hybridized carbons (Fsp3) is 0.368. The number of amides is 2. The fourth-order valence-corrected chi connectivity index (χ4v) is 4.33. The van der Waals surface area contributed by atoms with Gasteiger partial charge in [0.25, 0.3) is 5.91 Å². The molecule has 2 rings (SSSR count). The number of nitrogens with one attached hydrogen (secondary N) is 2. The minimum atomic E-state index is -0.692. The van der Waals surface area contributed by atoms with Gasteiger partial charge in [-0.15, -0.1) is 0 Å². The van der Waals surface area contributed by atoms with E-state index in [1.54, 1.807) is 24.3 Å². The molecule has 0 radical (unpaired) electrons. The lowest BCUT2D eigenvalue weighted by Crippen LogP contribution is -2.44. The number of benzene rings is 1. The molecule has 0 saturated heterocycles. The van der Waals surface area contributed by atoms with Crippen molar-refractivity contribution in [2.24, 2.45) is 5.92 Å². The molecule has 1 aromatic heterocycles. The first kappa shape index (κ1) is 22.2. The smallest absolute Gasteiger partial charge is 0.251 e. The first-order valence-corrected chi connectivity index (χ1v) is 10.8. The number of rotatable bonds is 8. The van der Waals surface area contributed by atoms with E-state index in [1.807, 2.05) is 20.8 Å². The molecule has 2 N–H and O–H groups in total. The summed E-state index contributed by atoms with van der Waals surface area (Å²) in [7, 11) is 0. The van der Waals surface area contributed by atoms with Crippen LogP contribution in [0.25, 0.3) is 0 Å². The van der Waals surface area contributed by atoms with E-state index < -0.39 is 6.04 Å². The van der Waals surface area contributed by atoms with Crippen molar-refractivity contribution in [3.05, 3.63) is 40.5 Å². The highest BCUT2D eigenvalue weighted by Gasteiger charge is 2.24. The van der Waals surface area contributed by atoms with E-state index in [0.29, 0.717) is 27.9 Å². The number of carbonyl (C=O) groups is 2. The predicted octanol–water partition coefficient (Wildman–Crippen LogP) is 4.50. The molecule has 0 aliphatic carbocycles. The Hall–Kier alpha value is -2.08. The number of nitrogens with zero attached hydrogens (tertiary/aromatic N) is 2. The number of aromatic nitrogens is 1. The zero-order valence-corrected chi connectivity index (χ0v) is 18.2. The maximum absolute atomic E-state index is 12.8. The molecule has 28 heavy (non-hydrogen) atoms. The van der Waals surface area contributed by atoms with E-state index in [9.17, 15) is 9.59 Å². The Balaban J connectivity index is 2.09. The van der Waals surface area contributed by atoms with E-state index in [4.69, 9.17) is 16.9 Å². The number of hydrogen-bond acceptors (Lipinski definition) is 6. The zero-order chi connectivity index (χ0) is 20.7. The van der Waals surface area contributed by atoms with E-state index in [-0.39, 0.29) is 17.7 Å². The average molecular weight is 437 g/mol. The van der Waals surface area contributed by atoms with Crippen LogP contribution < -0.4 is 10.6 Å². The van der Waals surface area contributed by atoms with Crippen molar-refractivity contribution in [2.45, 2.75) is 37.4 Å². The Morgan fingerprint density at radius 2 is 2.00 bits per heavy atom. The lowest BCUT2D eigenvalue weighted by molar-refractivity contribution is -0.118. The maximum atomic E-state index is 12.8. The van der Waals surface area contributed by atoms with Gasteiger partial charge in [0.2, 0.25) is 5.91 Å². The molecular weight excluding hydrogens is 416 g/mol. The zero-order valence-electron chi connectivity index (χ0n) is 15.8. The van der Waals surface area contributed by atoms with Crippen LogP contribution in [0.1, 0.15) is 36.3 Å². The Morgan fingerprint density at radius 3 is 2.61 bits per heavy atom. The number of anilines is 1. The van der Waals surface area contributed by atoms with Crippen LogP contribution in [0.3, 0.4) is 0 Å². The van der Waals surface area contributed by atoms with Crippen LogP contribution in [-0.2, 0) is 4.79 Å². The molecule has 2 aromatic rings. The molecule has 9 heteroatoms. The highest BCUT2D eigenvalue weighted by atomic mass is 35.5. The standard InChI is InChI=1S/C19H21ClN4O2S2/c1-11(2)10-15(23-16(25)13-4-6-14(20)7-5-13)17(26)24-19-22-12(3)18(28-19)27-9-8-21/h4-7,11,15H,9-10H2,1-3H3,(H,23,25)(H,22,24,26). The maximum Gasteiger partial charge on any atom is 0.251 e. The van der Waals surface area contributed by atoms with Crippen molar-refractivity contribution >= 4 is 51.6 Å². The van der Waals surface area contributed by atoms with Crippen molar-refractivity contribution in [1.29, 1.82) is 5.26 Å². The quantitative estimate of drug-likeness (QED) is 0.594. The van der Waals surface area contributed by atoms with Gasteiger partial charge in [-0.1, -0.05) is 48.5 Å². The molecule has 0 fully saturated rings. The van der Waals surface area contributed by atoms with Gasteiger partial charge in [0, 0.05) is 10.6 Å². The third-order valence-electron chi connectivity index (χ3n) is 3.69. The number of nitriles is 1. The normalized spacial score (nSPS) is 11.7. The van der Waals surface area contributed by atoms with Gasteiger partial charge in [0.1, 0.15) is 6.04 Å². The van der Waals surface area contributed by atoms with Gasteiger partial charge in [-0.05, 0) is 43.5 Å². The molecular formula is C19H21ClN4O2S2. The first-order chi connectivity index (χ1) is 13.3. The monoisotopic (exact) mass is 436 g/mol. The molecule has 6 nitrogen and oxygen atoms in total. The number of carbonyl (C=O) groups excluding carboxylic acids is 2. The van der Waals surface area contributed by atoms with E-state index in [0.717, 1.165) is 9.90 Å². The van der Waals surface area contributed by atoms with Crippen LogP contribution in [0.4, 0.5) is 5.13 Å². The van der Waals surface area contributed by atoms with Crippen LogP contribution in [0.15, 0.2) is 28.5 Å². The van der Waals surface area contributed by atoms with Gasteiger partial charge < -0.3 is 10.6 Å². The number of thioether (sulfide) groups is 1. The third kappa shape index (κ3) is 6.51. The molecule has 0 spiro atoms. The summed E-state index contributed by atoms with van der Waals surface area (Å²) in [6, 6.07) is 7.88. The second-order valence-corrected chi connectivity index (χ2v) is 9.17. The second kappa shape index (κ2) is 10.5. The molecule has 0 aliphatic heterocycles. The summed E-state index contributed by atoms with van der Waals surface area (Å²) in [6.07, 6.45) is 0.492. The number of aryl methyl sites for hydroxylation is 1. The Bertz CT molecular complexity index is 875. The van der Waals surface area contributed by atoms with Crippen molar-refractivity contribution < 1.29 is 9.59 Å². The summed E-state index contributed by atoms with van der Waals surface area (Å²) in [4.78, 5) is 29.6. The van der Waals surface area contributed by atoms with Crippen molar-refractivity contribution in [1.82, 2.24) is 10.3 Å². The highest BCUT2D eigenvalue weighted by molar-refractivity contribution is 8.01. The summed E-state index contributed by atoms with van der Waals surface area (Å²) in [5.74, 6) is -0.121. The Morgan fingerprint density at radius 1 is 1.32 bits per heavy atom. The molecule has 1 heterocycles. The topological polar surface area (TPSA) is 94.9 Å². The van der Waals surface area contributed by atoms with Gasteiger partial charge in [-0.3, -0.25) is 9.59 Å². The minimum Gasteiger partial charge on any atom is -0.340 e. The fourth-order valence-electron chi connectivity index (χ4n) is 2.41. The molecule has 1 aromatic carbocycles. The molecule has 1 atom stereocenters. The SMILES string of the molecule is Cc1nc(NC(=O)C(CC(C)C)NC(=O)c2ccc(Cl)cc2)sc1SCC#N. The van der Waals surface area contributed by atoms with Crippen LogP contribution in [0, 0.1) is 24.2 Å². The van der Waals surface area contributed by atoms with Gasteiger partial charge in [0.05, 0.1) is 21.7 Å². The Labute approximate surface area is 177 Å². The molecule has 2 amide bonds. The van der Waals surface area contributed by atoms with Crippen molar-refractivity contribution in [2.75, 3.05) is 11.1 Å². The van der Waals surface area contributed by atoms with Crippen LogP contribution in [0.2, 0.25) is 5.02 Å². The molecule has 0 saturated carbocycles. The lowest BCUT2D eigenvalue weighted by atomic mass is 10.0. The highest BCUT2D eigenvalue weighted by Crippen LogP contribution is 2.31. The molecule has 0 bridgehead atoms. The molecule has 148 valence electrons. The lowest BCUT2D eigenvalue weighted by Gasteiger charge is -2.19. The third-order valence-corrected chi connectivity index (χ3v) is 6.24. The summed E-state index contributed by atoms with van der Waals surface area (Å²) >= 11 is 8.57. The average Bonchev–Trinajstić information content (AvgIpc) is 2.98. The Kier molecular flexibility index (Phi) is 8.30. The minimum absolute atomic E-state index is 0.209. The number of halogens is 1. The van der Waals surface area contributed by atoms with Gasteiger partial charge >= 0.3 is 0 Å². The summed E-state index contributed by atoms with van der Waals surface area (Å²) < 4.78 is 0.891. The largest absolute Gasteiger partial charge is 0.340 e. The first-order valence-electron chi connectivity index (χ1n) is 8.64. The molecule has 0 aliphatic rings. The van der Waals surface area contributed by atoms with Crippen LogP contribution in [-0.4, -0.2) is 28.6 Å². The number of thiazole rings is 1. The summed E-state index contributed by atoms with van der Waals surface area (Å²) in [5.41, 5.74) is 1.21. The van der Waals surface area contributed by atoms with Crippen LogP contribution >= 0.6 is 34.7 Å². The second-order valence-electron chi connectivity index (χ2n) is 6.49. The van der Waals surface area contributed by atoms with Gasteiger partial charge in [-0.2, -0.15) is 5.26 Å². The van der Waals surface area contributed by atoms with Gasteiger partial charge in [-0.25, -0.2) is 4.98 Å².